The lowest BCUT2D eigenvalue weighted by atomic mass is 10.1. The van der Waals surface area contributed by atoms with Crippen molar-refractivity contribution < 1.29 is 9.53 Å². The minimum Gasteiger partial charge on any atom is -0.490 e. The van der Waals surface area contributed by atoms with E-state index in [9.17, 15) is 4.79 Å². The summed E-state index contributed by atoms with van der Waals surface area (Å²) in [4.78, 5) is 18.2. The third kappa shape index (κ3) is 3.80. The van der Waals surface area contributed by atoms with Gasteiger partial charge in [-0.25, -0.2) is 4.98 Å². The van der Waals surface area contributed by atoms with Crippen LogP contribution in [0.25, 0.3) is 0 Å². The molecule has 120 valence electrons. The highest BCUT2D eigenvalue weighted by atomic mass is 16.5. The molecule has 1 amide bonds. The van der Waals surface area contributed by atoms with E-state index in [4.69, 9.17) is 10.5 Å². The molecule has 0 saturated carbocycles. The quantitative estimate of drug-likeness (QED) is 0.946. The zero-order valence-corrected chi connectivity index (χ0v) is 13.2. The zero-order chi connectivity index (χ0) is 16.2. The maximum Gasteiger partial charge on any atom is 0.254 e. The van der Waals surface area contributed by atoms with Crippen LogP contribution in [0.3, 0.4) is 0 Å². The summed E-state index contributed by atoms with van der Waals surface area (Å²) in [6.07, 6.45) is 3.39. The number of hydrogen-bond acceptors (Lipinski definition) is 4. The van der Waals surface area contributed by atoms with E-state index in [1.165, 1.54) is 5.56 Å². The fourth-order valence-corrected chi connectivity index (χ4v) is 2.75. The van der Waals surface area contributed by atoms with Crippen molar-refractivity contribution in [2.75, 3.05) is 18.8 Å². The molecular weight excluding hydrogens is 290 g/mol. The number of carbonyl (C=O) groups is 1. The van der Waals surface area contributed by atoms with Crippen LogP contribution in [0.4, 0.5) is 5.82 Å². The Morgan fingerprint density at radius 3 is 2.57 bits per heavy atom. The number of amides is 1. The number of ether oxygens (including phenoxy) is 1. The van der Waals surface area contributed by atoms with Gasteiger partial charge in [-0.05, 0) is 31.2 Å². The predicted octanol–water partition coefficient (Wildman–Crippen LogP) is 2.66. The smallest absolute Gasteiger partial charge is 0.254 e. The van der Waals surface area contributed by atoms with E-state index in [0.717, 1.165) is 18.6 Å². The summed E-state index contributed by atoms with van der Waals surface area (Å²) >= 11 is 0. The Hall–Kier alpha value is -2.56. The first-order chi connectivity index (χ1) is 11.1. The van der Waals surface area contributed by atoms with Crippen molar-refractivity contribution in [2.45, 2.75) is 25.9 Å². The lowest BCUT2D eigenvalue weighted by Crippen LogP contribution is -2.41. The molecule has 1 aromatic carbocycles. The zero-order valence-electron chi connectivity index (χ0n) is 13.2. The number of aryl methyl sites for hydroxylation is 1. The number of likely N-dealkylation sites (tertiary alicyclic amines) is 1. The first kappa shape index (κ1) is 15.3. The molecule has 0 unspecified atom stereocenters. The summed E-state index contributed by atoms with van der Waals surface area (Å²) in [6, 6.07) is 11.4. The molecule has 1 aromatic heterocycles. The van der Waals surface area contributed by atoms with Gasteiger partial charge in [-0.2, -0.15) is 0 Å². The number of hydrogen-bond donors (Lipinski definition) is 1. The fraction of sp³-hybridized carbons (Fsp3) is 0.333. The fourth-order valence-electron chi connectivity index (χ4n) is 2.75. The largest absolute Gasteiger partial charge is 0.490 e. The van der Waals surface area contributed by atoms with E-state index in [2.05, 4.69) is 11.9 Å². The minimum atomic E-state index is 0.00730. The van der Waals surface area contributed by atoms with Gasteiger partial charge in [0.15, 0.2) is 0 Å². The lowest BCUT2D eigenvalue weighted by molar-refractivity contribution is 0.0595. The number of rotatable bonds is 3. The molecule has 2 N–H and O–H groups in total. The summed E-state index contributed by atoms with van der Waals surface area (Å²) in [7, 11) is 0. The number of nitrogens with zero attached hydrogens (tertiary/aromatic N) is 2. The van der Waals surface area contributed by atoms with Crippen LogP contribution in [0.5, 0.6) is 5.75 Å². The molecule has 2 heterocycles. The molecule has 0 spiro atoms. The second-order valence-electron chi connectivity index (χ2n) is 5.89. The first-order valence-electron chi connectivity index (χ1n) is 7.86. The van der Waals surface area contributed by atoms with Crippen molar-refractivity contribution in [3.8, 4) is 5.75 Å². The average Bonchev–Trinajstić information content (AvgIpc) is 2.57. The second kappa shape index (κ2) is 6.69. The third-order valence-electron chi connectivity index (χ3n) is 4.08. The number of anilines is 1. The number of piperidine rings is 1. The molecule has 0 bridgehead atoms. The van der Waals surface area contributed by atoms with Gasteiger partial charge >= 0.3 is 0 Å². The van der Waals surface area contributed by atoms with Crippen LogP contribution in [-0.4, -0.2) is 35.0 Å². The molecule has 23 heavy (non-hydrogen) atoms. The van der Waals surface area contributed by atoms with Crippen molar-refractivity contribution in [1.82, 2.24) is 9.88 Å². The van der Waals surface area contributed by atoms with Crippen molar-refractivity contribution in [3.05, 3.63) is 53.7 Å². The number of nitrogen functional groups attached to an aromatic ring is 1. The molecule has 3 rings (SSSR count). The topological polar surface area (TPSA) is 68.5 Å². The second-order valence-corrected chi connectivity index (χ2v) is 5.89. The van der Waals surface area contributed by atoms with Gasteiger partial charge in [0.2, 0.25) is 0 Å². The van der Waals surface area contributed by atoms with Crippen LogP contribution in [0.1, 0.15) is 28.8 Å². The molecule has 0 atom stereocenters. The highest BCUT2D eigenvalue weighted by Gasteiger charge is 2.24. The van der Waals surface area contributed by atoms with Crippen LogP contribution in [0, 0.1) is 6.92 Å². The van der Waals surface area contributed by atoms with Gasteiger partial charge in [0.05, 0.1) is 0 Å². The third-order valence-corrected chi connectivity index (χ3v) is 4.08. The van der Waals surface area contributed by atoms with Gasteiger partial charge in [-0.15, -0.1) is 0 Å². The molecule has 1 aliphatic heterocycles. The Labute approximate surface area is 136 Å². The van der Waals surface area contributed by atoms with Gasteiger partial charge in [0.1, 0.15) is 17.7 Å². The van der Waals surface area contributed by atoms with Crippen molar-refractivity contribution in [2.24, 2.45) is 0 Å². The predicted molar refractivity (Wildman–Crippen MR) is 89.4 cm³/mol. The summed E-state index contributed by atoms with van der Waals surface area (Å²) in [6.45, 7) is 3.44. The van der Waals surface area contributed by atoms with E-state index in [0.29, 0.717) is 24.5 Å². The number of carbonyl (C=O) groups excluding carboxylic acids is 1. The molecule has 0 radical (unpaired) electrons. The molecule has 1 aliphatic rings. The number of pyridine rings is 1. The summed E-state index contributed by atoms with van der Waals surface area (Å²) in [5.74, 6) is 1.27. The molecule has 2 aromatic rings. The number of nitrogens with two attached hydrogens (primary N) is 1. The van der Waals surface area contributed by atoms with Crippen LogP contribution in [0.2, 0.25) is 0 Å². The molecule has 1 saturated heterocycles. The van der Waals surface area contributed by atoms with Crippen molar-refractivity contribution in [3.63, 3.8) is 0 Å². The van der Waals surface area contributed by atoms with Gasteiger partial charge < -0.3 is 15.4 Å². The van der Waals surface area contributed by atoms with Crippen LogP contribution < -0.4 is 10.5 Å². The van der Waals surface area contributed by atoms with Gasteiger partial charge in [-0.3, -0.25) is 4.79 Å². The summed E-state index contributed by atoms with van der Waals surface area (Å²) in [5, 5.41) is 0. The van der Waals surface area contributed by atoms with Crippen LogP contribution >= 0.6 is 0 Å². The standard InChI is InChI=1S/C18H21N3O2/c1-13-2-4-15(5-3-13)23-16-7-10-21(11-8-16)18(22)14-6-9-20-17(19)12-14/h2-6,9,12,16H,7-8,10-11H2,1H3,(H2,19,20). The van der Waals surface area contributed by atoms with Gasteiger partial charge in [0, 0.05) is 37.7 Å². The molecule has 5 nitrogen and oxygen atoms in total. The Bertz CT molecular complexity index is 677. The normalized spacial score (nSPS) is 15.4. The van der Waals surface area contributed by atoms with Crippen molar-refractivity contribution >= 4 is 11.7 Å². The number of benzene rings is 1. The van der Waals surface area contributed by atoms with Crippen LogP contribution in [-0.2, 0) is 0 Å². The maximum atomic E-state index is 12.5. The van der Waals surface area contributed by atoms with E-state index in [1.54, 1.807) is 18.3 Å². The van der Waals surface area contributed by atoms with E-state index in [1.807, 2.05) is 29.2 Å². The molecule has 0 aliphatic carbocycles. The lowest BCUT2D eigenvalue weighted by Gasteiger charge is -2.32. The Morgan fingerprint density at radius 2 is 1.91 bits per heavy atom. The molecule has 1 fully saturated rings. The van der Waals surface area contributed by atoms with Gasteiger partial charge in [0.25, 0.3) is 5.91 Å². The average molecular weight is 311 g/mol. The van der Waals surface area contributed by atoms with Crippen LogP contribution in [0.15, 0.2) is 42.6 Å². The first-order valence-corrected chi connectivity index (χ1v) is 7.86. The maximum absolute atomic E-state index is 12.5. The van der Waals surface area contributed by atoms with Gasteiger partial charge in [-0.1, -0.05) is 17.7 Å². The SMILES string of the molecule is Cc1ccc(OC2CCN(C(=O)c3ccnc(N)c3)CC2)cc1. The Balaban J connectivity index is 1.55. The molecule has 5 heteroatoms. The Morgan fingerprint density at radius 1 is 1.22 bits per heavy atom. The van der Waals surface area contributed by atoms with E-state index >= 15 is 0 Å². The van der Waals surface area contributed by atoms with Crippen molar-refractivity contribution in [1.29, 1.82) is 0 Å². The molecular formula is C18H21N3O2. The summed E-state index contributed by atoms with van der Waals surface area (Å²) in [5.41, 5.74) is 7.45. The van der Waals surface area contributed by atoms with E-state index < -0.39 is 0 Å². The summed E-state index contributed by atoms with van der Waals surface area (Å²) < 4.78 is 6.00. The minimum absolute atomic E-state index is 0.00730. The highest BCUT2D eigenvalue weighted by Crippen LogP contribution is 2.20. The monoisotopic (exact) mass is 311 g/mol. The number of aromatic nitrogens is 1. The highest BCUT2D eigenvalue weighted by molar-refractivity contribution is 5.94. The van der Waals surface area contributed by atoms with E-state index in [-0.39, 0.29) is 12.0 Å². The Kier molecular flexibility index (Phi) is 4.46.